The molecule has 7 heteroatoms. The van der Waals surface area contributed by atoms with Crippen molar-refractivity contribution in [1.82, 2.24) is 0 Å². The number of nitrogens with zero attached hydrogens (tertiary/aromatic N) is 1. The van der Waals surface area contributed by atoms with Crippen LogP contribution in [0.15, 0.2) is 0 Å². The molecule has 0 radical (unpaired) electrons. The van der Waals surface area contributed by atoms with Gasteiger partial charge in [0.1, 0.15) is 0 Å². The number of hydrogen-bond acceptors (Lipinski definition) is 4. The normalized spacial score (nSPS) is 13.7. The Labute approximate surface area is 139 Å². The third kappa shape index (κ3) is 10.3. The Kier molecular flexibility index (Phi) is 13.9. The lowest BCUT2D eigenvalue weighted by Gasteiger charge is -2.38. The number of rotatable bonds is 11. The van der Waals surface area contributed by atoms with E-state index < -0.39 is 24.1 Å². The molecule has 0 bridgehead atoms. The maximum absolute atomic E-state index is 9.77. The zero-order valence-electron chi connectivity index (χ0n) is 14.9. The van der Waals surface area contributed by atoms with Crippen molar-refractivity contribution in [3.63, 3.8) is 0 Å². The van der Waals surface area contributed by atoms with Gasteiger partial charge in [-0.3, -0.25) is 0 Å². The van der Waals surface area contributed by atoms with E-state index in [1.807, 2.05) is 0 Å². The molecular formula is C16H34NO6+. The first-order chi connectivity index (χ1) is 10.7. The Balaban J connectivity index is 0. The van der Waals surface area contributed by atoms with Crippen LogP contribution in [-0.4, -0.2) is 75.2 Å². The van der Waals surface area contributed by atoms with E-state index in [9.17, 15) is 9.59 Å². The predicted molar refractivity (Wildman–Crippen MR) is 88.2 cm³/mol. The Morgan fingerprint density at radius 3 is 1.04 bits per heavy atom. The molecule has 23 heavy (non-hydrogen) atoms. The highest BCUT2D eigenvalue weighted by Gasteiger charge is 2.29. The number of carboxylic acids is 2. The van der Waals surface area contributed by atoms with Gasteiger partial charge in [-0.25, -0.2) is 9.59 Å². The van der Waals surface area contributed by atoms with Gasteiger partial charge in [0, 0.05) is 0 Å². The first kappa shape index (κ1) is 24.1. The molecule has 0 aromatic heterocycles. The molecule has 0 saturated heterocycles. The number of aliphatic carboxylic acids is 2. The molecule has 0 saturated carbocycles. The second-order valence-corrected chi connectivity index (χ2v) is 5.80. The van der Waals surface area contributed by atoms with Gasteiger partial charge in [0.05, 0.1) is 26.2 Å². The number of aliphatic hydroxyl groups excluding tert-OH is 2. The zero-order chi connectivity index (χ0) is 18.5. The van der Waals surface area contributed by atoms with E-state index >= 15 is 0 Å². The van der Waals surface area contributed by atoms with Crippen LogP contribution in [0.5, 0.6) is 0 Å². The summed E-state index contributed by atoms with van der Waals surface area (Å²) in [5, 5.41) is 32.5. The van der Waals surface area contributed by atoms with Crippen molar-refractivity contribution >= 4 is 11.9 Å². The second kappa shape index (κ2) is 13.3. The number of carboxylic acid groups (broad SMARTS) is 2. The number of carbonyl (C=O) groups is 2. The molecule has 4 N–H and O–H groups in total. The third-order valence-electron chi connectivity index (χ3n) is 3.60. The Bertz CT molecular complexity index is 287. The van der Waals surface area contributed by atoms with E-state index in [1.54, 1.807) is 0 Å². The Morgan fingerprint density at radius 2 is 0.913 bits per heavy atom. The summed E-state index contributed by atoms with van der Waals surface area (Å²) in [6.45, 7) is 14.8. The number of aliphatic hydroxyl groups is 2. The second-order valence-electron chi connectivity index (χ2n) is 5.80. The summed E-state index contributed by atoms with van der Waals surface area (Å²) in [5.41, 5.74) is 0. The molecule has 0 aromatic carbocycles. The van der Waals surface area contributed by atoms with Gasteiger partial charge in [0.2, 0.25) is 0 Å². The van der Waals surface area contributed by atoms with E-state index in [2.05, 4.69) is 27.7 Å². The van der Waals surface area contributed by atoms with Gasteiger partial charge < -0.3 is 24.9 Å². The molecule has 7 nitrogen and oxygen atoms in total. The van der Waals surface area contributed by atoms with Crippen molar-refractivity contribution in [2.24, 2.45) is 0 Å². The van der Waals surface area contributed by atoms with E-state index in [1.165, 1.54) is 56.3 Å². The van der Waals surface area contributed by atoms with Gasteiger partial charge in [-0.15, -0.1) is 0 Å². The minimum Gasteiger partial charge on any atom is -0.479 e. The molecule has 0 rings (SSSR count). The molecule has 0 aliphatic carbocycles. The summed E-state index contributed by atoms with van der Waals surface area (Å²) >= 11 is 0. The highest BCUT2D eigenvalue weighted by atomic mass is 16.4. The fourth-order valence-corrected chi connectivity index (χ4v) is 2.84. The van der Waals surface area contributed by atoms with Gasteiger partial charge in [-0.2, -0.15) is 0 Å². The first-order valence-electron chi connectivity index (χ1n) is 8.38. The van der Waals surface area contributed by atoms with Crippen molar-refractivity contribution in [2.45, 2.75) is 65.6 Å². The highest BCUT2D eigenvalue weighted by Crippen LogP contribution is 2.12. The average Bonchev–Trinajstić information content (AvgIpc) is 2.47. The summed E-state index contributed by atoms with van der Waals surface area (Å²) in [6.07, 6.45) is 0.801. The zero-order valence-corrected chi connectivity index (χ0v) is 14.9. The summed E-state index contributed by atoms with van der Waals surface area (Å²) in [7, 11) is 0. The Hall–Kier alpha value is -1.18. The maximum atomic E-state index is 9.77. The lowest BCUT2D eigenvalue weighted by molar-refractivity contribution is -0.928. The largest absolute Gasteiger partial charge is 0.479 e. The molecule has 0 aromatic rings. The molecule has 2 atom stereocenters. The molecule has 0 heterocycles. The van der Waals surface area contributed by atoms with Gasteiger partial charge in [-0.05, 0) is 25.7 Å². The average molecular weight is 336 g/mol. The van der Waals surface area contributed by atoms with E-state index in [-0.39, 0.29) is 0 Å². The van der Waals surface area contributed by atoms with Crippen molar-refractivity contribution in [2.75, 3.05) is 26.2 Å². The molecule has 0 amide bonds. The van der Waals surface area contributed by atoms with Crippen LogP contribution in [0.2, 0.25) is 0 Å². The topological polar surface area (TPSA) is 115 Å². The lowest BCUT2D eigenvalue weighted by Crippen LogP contribution is -2.50. The van der Waals surface area contributed by atoms with Gasteiger partial charge in [0.25, 0.3) is 0 Å². The van der Waals surface area contributed by atoms with Crippen LogP contribution in [0.1, 0.15) is 53.4 Å². The van der Waals surface area contributed by atoms with Gasteiger partial charge >= 0.3 is 11.9 Å². The van der Waals surface area contributed by atoms with Crippen molar-refractivity contribution in [1.29, 1.82) is 0 Å². The summed E-state index contributed by atoms with van der Waals surface area (Å²) in [5.74, 6) is -3.54. The van der Waals surface area contributed by atoms with E-state index in [0.29, 0.717) is 0 Å². The van der Waals surface area contributed by atoms with Crippen LogP contribution in [0.4, 0.5) is 0 Å². The van der Waals surface area contributed by atoms with Crippen LogP contribution < -0.4 is 0 Å². The lowest BCUT2D eigenvalue weighted by atomic mass is 10.2. The van der Waals surface area contributed by atoms with Crippen LogP contribution in [0.3, 0.4) is 0 Å². The maximum Gasteiger partial charge on any atom is 0.335 e. The third-order valence-corrected chi connectivity index (χ3v) is 3.60. The molecule has 0 spiro atoms. The summed E-state index contributed by atoms with van der Waals surface area (Å²) in [6, 6.07) is 0. The monoisotopic (exact) mass is 336 g/mol. The van der Waals surface area contributed by atoms with Crippen LogP contribution in [-0.2, 0) is 9.59 Å². The summed E-state index contributed by atoms with van der Waals surface area (Å²) in [4.78, 5) is 19.5. The smallest absolute Gasteiger partial charge is 0.335 e. The standard InChI is InChI=1S/C12H28N.C4H6O6/c1-5-9-13(10-6-2,11-7-3)12-8-4;5-1(3(7)8)2(6)4(9)10/h5-12H2,1-4H3;1-2,5-6H,(H,7,8)(H,9,10)/q+1;. The fraction of sp³-hybridized carbons (Fsp3) is 0.875. The van der Waals surface area contributed by atoms with Gasteiger partial charge in [0.15, 0.2) is 12.2 Å². The fourth-order valence-electron chi connectivity index (χ4n) is 2.84. The Morgan fingerprint density at radius 1 is 0.696 bits per heavy atom. The molecule has 0 aliphatic rings. The van der Waals surface area contributed by atoms with Crippen LogP contribution in [0, 0.1) is 0 Å². The minimum absolute atomic E-state index is 1.33. The highest BCUT2D eigenvalue weighted by molar-refractivity contribution is 5.83. The number of hydrogen-bond donors (Lipinski definition) is 4. The quantitative estimate of drug-likeness (QED) is 0.423. The van der Waals surface area contributed by atoms with Crippen LogP contribution >= 0.6 is 0 Å². The van der Waals surface area contributed by atoms with E-state index in [4.69, 9.17) is 20.4 Å². The van der Waals surface area contributed by atoms with E-state index in [0.717, 1.165) is 0 Å². The molecule has 2 unspecified atom stereocenters. The predicted octanol–water partition coefficient (Wildman–Crippen LogP) is 1.32. The van der Waals surface area contributed by atoms with Crippen molar-refractivity contribution in [3.8, 4) is 0 Å². The molecular weight excluding hydrogens is 302 g/mol. The molecule has 0 fully saturated rings. The molecule has 138 valence electrons. The van der Waals surface area contributed by atoms with Crippen molar-refractivity contribution in [3.05, 3.63) is 0 Å². The van der Waals surface area contributed by atoms with Crippen molar-refractivity contribution < 1.29 is 34.5 Å². The first-order valence-corrected chi connectivity index (χ1v) is 8.38. The SMILES string of the molecule is CCC[N+](CCC)(CCC)CCC.O=C(O)C(O)C(O)C(=O)O. The summed E-state index contributed by atoms with van der Waals surface area (Å²) < 4.78 is 1.38. The van der Waals surface area contributed by atoms with Crippen LogP contribution in [0.25, 0.3) is 0 Å². The number of quaternary nitrogens is 1. The van der Waals surface area contributed by atoms with Gasteiger partial charge in [-0.1, -0.05) is 27.7 Å². The molecule has 0 aliphatic heterocycles. The minimum atomic E-state index is -2.27.